The van der Waals surface area contributed by atoms with E-state index >= 15 is 0 Å². The fourth-order valence-corrected chi connectivity index (χ4v) is 3.46. The van der Waals surface area contributed by atoms with Crippen LogP contribution in [0.15, 0.2) is 42.5 Å². The Hall–Kier alpha value is -1.76. The van der Waals surface area contributed by atoms with Crippen LogP contribution in [0.2, 0.25) is 0 Å². The van der Waals surface area contributed by atoms with Crippen molar-refractivity contribution in [2.75, 3.05) is 0 Å². The summed E-state index contributed by atoms with van der Waals surface area (Å²) >= 11 is 0. The minimum Gasteiger partial charge on any atom is -0.341 e. The van der Waals surface area contributed by atoms with E-state index in [4.69, 9.17) is 0 Å². The van der Waals surface area contributed by atoms with E-state index < -0.39 is 0 Å². The number of aryl methyl sites for hydroxylation is 2. The molecule has 0 saturated carbocycles. The van der Waals surface area contributed by atoms with Gasteiger partial charge in [0.15, 0.2) is 0 Å². The molecule has 2 aromatic carbocycles. The molecule has 0 bridgehead atoms. The van der Waals surface area contributed by atoms with Crippen molar-refractivity contribution in [3.05, 3.63) is 48.0 Å². The van der Waals surface area contributed by atoms with Crippen molar-refractivity contribution >= 4 is 21.8 Å². The Morgan fingerprint density at radius 2 is 1.62 bits per heavy atom. The van der Waals surface area contributed by atoms with Gasteiger partial charge in [-0.25, -0.2) is 0 Å². The summed E-state index contributed by atoms with van der Waals surface area (Å²) in [6.07, 6.45) is 6.51. The first-order valence-electron chi connectivity index (χ1n) is 8.35. The first-order chi connectivity index (χ1) is 10.4. The van der Waals surface area contributed by atoms with Gasteiger partial charge in [-0.15, -0.1) is 0 Å². The molecule has 1 aromatic heterocycles. The highest BCUT2D eigenvalue weighted by Crippen LogP contribution is 2.31. The van der Waals surface area contributed by atoms with Gasteiger partial charge < -0.3 is 4.57 Å². The molecule has 0 spiro atoms. The van der Waals surface area contributed by atoms with Crippen LogP contribution in [0, 0.1) is 0 Å². The lowest BCUT2D eigenvalue weighted by Gasteiger charge is -2.08. The van der Waals surface area contributed by atoms with Crippen LogP contribution < -0.4 is 0 Å². The SMILES string of the molecule is CCCCCCc1cccc2c3ccccc3n(CC)c12. The zero-order valence-electron chi connectivity index (χ0n) is 13.2. The number of aromatic nitrogens is 1. The number of benzene rings is 2. The molecule has 0 fully saturated rings. The average molecular weight is 279 g/mol. The molecule has 0 saturated heterocycles. The van der Waals surface area contributed by atoms with Crippen LogP contribution in [0.3, 0.4) is 0 Å². The number of hydrogen-bond acceptors (Lipinski definition) is 0. The Kier molecular flexibility index (Phi) is 4.28. The van der Waals surface area contributed by atoms with Crippen LogP contribution in [-0.2, 0) is 13.0 Å². The average Bonchev–Trinajstić information content (AvgIpc) is 2.86. The maximum Gasteiger partial charge on any atom is 0.0523 e. The molecule has 0 unspecified atom stereocenters. The highest BCUT2D eigenvalue weighted by atomic mass is 15.0. The van der Waals surface area contributed by atoms with Gasteiger partial charge in [-0.2, -0.15) is 0 Å². The van der Waals surface area contributed by atoms with Gasteiger partial charge in [-0.3, -0.25) is 0 Å². The Balaban J connectivity index is 2.09. The predicted octanol–water partition coefficient (Wildman–Crippen LogP) is 5.94. The van der Waals surface area contributed by atoms with E-state index in [0.29, 0.717) is 0 Å². The van der Waals surface area contributed by atoms with Crippen LogP contribution in [0.1, 0.15) is 45.1 Å². The van der Waals surface area contributed by atoms with E-state index in [0.717, 1.165) is 6.54 Å². The standard InChI is InChI=1S/C20H25N/c1-3-5-6-7-11-16-12-10-14-18-17-13-8-9-15-19(17)21(4-2)20(16)18/h8-10,12-15H,3-7,11H2,1-2H3. The molecule has 1 heterocycles. The Morgan fingerprint density at radius 1 is 0.810 bits per heavy atom. The van der Waals surface area contributed by atoms with Gasteiger partial charge >= 0.3 is 0 Å². The first kappa shape index (κ1) is 14.2. The fraction of sp³-hybridized carbons (Fsp3) is 0.400. The van der Waals surface area contributed by atoms with Gasteiger partial charge in [0.2, 0.25) is 0 Å². The van der Waals surface area contributed by atoms with Crippen LogP contribution in [0.25, 0.3) is 21.8 Å². The van der Waals surface area contributed by atoms with E-state index in [9.17, 15) is 0 Å². The molecule has 3 aromatic rings. The molecule has 1 nitrogen and oxygen atoms in total. The molecule has 3 rings (SSSR count). The number of unbranched alkanes of at least 4 members (excludes halogenated alkanes) is 3. The molecule has 1 heteroatoms. The lowest BCUT2D eigenvalue weighted by Crippen LogP contribution is -1.97. The molecular weight excluding hydrogens is 254 g/mol. The summed E-state index contributed by atoms with van der Waals surface area (Å²) in [6, 6.07) is 15.6. The summed E-state index contributed by atoms with van der Waals surface area (Å²) in [5, 5.41) is 2.81. The molecule has 0 amide bonds. The zero-order valence-corrected chi connectivity index (χ0v) is 13.2. The molecule has 0 aliphatic rings. The molecular formula is C20H25N. The predicted molar refractivity (Wildman–Crippen MR) is 93.0 cm³/mol. The van der Waals surface area contributed by atoms with Gasteiger partial charge in [0.1, 0.15) is 0 Å². The Morgan fingerprint density at radius 3 is 2.43 bits per heavy atom. The van der Waals surface area contributed by atoms with Crippen molar-refractivity contribution in [2.24, 2.45) is 0 Å². The van der Waals surface area contributed by atoms with E-state index in [2.05, 4.69) is 60.9 Å². The van der Waals surface area contributed by atoms with E-state index in [-0.39, 0.29) is 0 Å². The Labute approximate surface area is 127 Å². The minimum absolute atomic E-state index is 1.04. The summed E-state index contributed by atoms with van der Waals surface area (Å²) in [4.78, 5) is 0. The zero-order chi connectivity index (χ0) is 14.7. The smallest absolute Gasteiger partial charge is 0.0523 e. The number of hydrogen-bond donors (Lipinski definition) is 0. The second kappa shape index (κ2) is 6.34. The fourth-order valence-electron chi connectivity index (χ4n) is 3.46. The van der Waals surface area contributed by atoms with Crippen molar-refractivity contribution in [2.45, 2.75) is 52.5 Å². The molecule has 0 N–H and O–H groups in total. The number of para-hydroxylation sites is 2. The highest BCUT2D eigenvalue weighted by Gasteiger charge is 2.11. The maximum absolute atomic E-state index is 2.49. The summed E-state index contributed by atoms with van der Waals surface area (Å²) in [6.45, 7) is 5.56. The largest absolute Gasteiger partial charge is 0.341 e. The molecule has 0 aliphatic carbocycles. The topological polar surface area (TPSA) is 4.93 Å². The summed E-state index contributed by atoms with van der Waals surface area (Å²) in [5.74, 6) is 0. The van der Waals surface area contributed by atoms with Gasteiger partial charge in [-0.1, -0.05) is 62.6 Å². The third-order valence-electron chi connectivity index (χ3n) is 4.49. The van der Waals surface area contributed by atoms with Crippen molar-refractivity contribution in [1.29, 1.82) is 0 Å². The first-order valence-corrected chi connectivity index (χ1v) is 8.35. The van der Waals surface area contributed by atoms with Crippen LogP contribution in [0.5, 0.6) is 0 Å². The second-order valence-electron chi connectivity index (χ2n) is 5.89. The van der Waals surface area contributed by atoms with Gasteiger partial charge in [0, 0.05) is 22.8 Å². The van der Waals surface area contributed by atoms with Crippen molar-refractivity contribution in [3.63, 3.8) is 0 Å². The van der Waals surface area contributed by atoms with Crippen molar-refractivity contribution in [1.82, 2.24) is 4.57 Å². The molecule has 0 aliphatic heterocycles. The number of nitrogens with zero attached hydrogens (tertiary/aromatic N) is 1. The molecule has 0 radical (unpaired) electrons. The minimum atomic E-state index is 1.04. The van der Waals surface area contributed by atoms with Gasteiger partial charge in [-0.05, 0) is 31.4 Å². The molecule has 110 valence electrons. The van der Waals surface area contributed by atoms with Crippen molar-refractivity contribution < 1.29 is 0 Å². The van der Waals surface area contributed by atoms with E-state index in [1.165, 1.54) is 59.5 Å². The summed E-state index contributed by atoms with van der Waals surface area (Å²) < 4.78 is 2.49. The second-order valence-corrected chi connectivity index (χ2v) is 5.89. The lowest BCUT2D eigenvalue weighted by molar-refractivity contribution is 0.666. The molecule has 0 atom stereocenters. The number of fused-ring (bicyclic) bond motifs is 3. The van der Waals surface area contributed by atoms with Gasteiger partial charge in [0.25, 0.3) is 0 Å². The van der Waals surface area contributed by atoms with E-state index in [1.54, 1.807) is 0 Å². The molecule has 21 heavy (non-hydrogen) atoms. The highest BCUT2D eigenvalue weighted by molar-refractivity contribution is 6.09. The third kappa shape index (κ3) is 2.57. The normalized spacial score (nSPS) is 11.5. The van der Waals surface area contributed by atoms with Crippen LogP contribution in [-0.4, -0.2) is 4.57 Å². The van der Waals surface area contributed by atoms with Crippen molar-refractivity contribution in [3.8, 4) is 0 Å². The van der Waals surface area contributed by atoms with Crippen LogP contribution >= 0.6 is 0 Å². The number of rotatable bonds is 6. The third-order valence-corrected chi connectivity index (χ3v) is 4.49. The van der Waals surface area contributed by atoms with E-state index in [1.807, 2.05) is 0 Å². The lowest BCUT2D eigenvalue weighted by atomic mass is 10.0. The van der Waals surface area contributed by atoms with Crippen LogP contribution in [0.4, 0.5) is 0 Å². The summed E-state index contributed by atoms with van der Waals surface area (Å²) in [7, 11) is 0. The quantitative estimate of drug-likeness (QED) is 0.492. The Bertz CT molecular complexity index is 736. The maximum atomic E-state index is 2.49. The monoisotopic (exact) mass is 279 g/mol. The summed E-state index contributed by atoms with van der Waals surface area (Å²) in [5.41, 5.74) is 4.34. The van der Waals surface area contributed by atoms with Gasteiger partial charge in [0.05, 0.1) is 5.52 Å².